The summed E-state index contributed by atoms with van der Waals surface area (Å²) in [4.78, 5) is 98.0. The molecule has 17 nitrogen and oxygen atoms in total. The van der Waals surface area contributed by atoms with Crippen LogP contribution in [0.2, 0.25) is 0 Å². The topological polar surface area (TPSA) is 215 Å². The van der Waals surface area contributed by atoms with Crippen LogP contribution in [-0.4, -0.2) is 161 Å². The molecule has 17 heteroatoms. The first-order chi connectivity index (χ1) is 30.2. The number of aliphatic hydroxyl groups excluding tert-OH is 1. The Morgan fingerprint density at radius 1 is 0.906 bits per heavy atom. The number of carbonyl (C=O) groups is 7. The Kier molecular flexibility index (Phi) is 21.0. The zero-order valence-corrected chi connectivity index (χ0v) is 39.7. The molecule has 3 rings (SSSR count). The van der Waals surface area contributed by atoms with E-state index in [0.717, 1.165) is 10.5 Å². The van der Waals surface area contributed by atoms with Gasteiger partial charge < -0.3 is 39.7 Å². The predicted molar refractivity (Wildman–Crippen MR) is 240 cm³/mol. The molecular weight excluding hydrogens is 825 g/mol. The number of nitrogens with one attached hydrogen (secondary N) is 2. The van der Waals surface area contributed by atoms with Crippen LogP contribution < -0.4 is 10.6 Å². The fourth-order valence-electron chi connectivity index (χ4n) is 9.06. The number of methoxy groups -OCH3 is 2. The summed E-state index contributed by atoms with van der Waals surface area (Å²) in [5.74, 6) is -4.84. The van der Waals surface area contributed by atoms with Crippen LogP contribution in [0.1, 0.15) is 92.6 Å². The zero-order chi connectivity index (χ0) is 48.0. The van der Waals surface area contributed by atoms with E-state index in [-0.39, 0.29) is 67.7 Å². The molecule has 0 saturated carbocycles. The van der Waals surface area contributed by atoms with Gasteiger partial charge in [-0.15, -0.1) is 0 Å². The molecule has 10 atom stereocenters. The van der Waals surface area contributed by atoms with E-state index in [1.807, 2.05) is 58.0 Å². The minimum absolute atomic E-state index is 0.00204. The highest BCUT2D eigenvalue weighted by molar-refractivity contribution is 6.12. The molecule has 0 spiro atoms. The summed E-state index contributed by atoms with van der Waals surface area (Å²) in [7, 11) is 6.19. The molecule has 1 saturated heterocycles. The normalized spacial score (nSPS) is 19.5. The summed E-state index contributed by atoms with van der Waals surface area (Å²) in [6, 6.07) is 5.17. The van der Waals surface area contributed by atoms with Crippen molar-refractivity contribution in [1.29, 1.82) is 0 Å². The molecule has 1 unspecified atom stereocenters. The lowest BCUT2D eigenvalue weighted by molar-refractivity contribution is -0.148. The Morgan fingerprint density at radius 2 is 1.53 bits per heavy atom. The molecule has 2 aliphatic heterocycles. The summed E-state index contributed by atoms with van der Waals surface area (Å²) in [6.45, 7) is 13.5. The Labute approximate surface area is 379 Å². The number of imide groups is 1. The Hall–Kier alpha value is -4.71. The van der Waals surface area contributed by atoms with Crippen molar-refractivity contribution >= 4 is 41.4 Å². The fraction of sp³-hybridized carbons (Fsp3) is 0.681. The van der Waals surface area contributed by atoms with Gasteiger partial charge in [-0.2, -0.15) is 0 Å². The van der Waals surface area contributed by atoms with E-state index in [2.05, 4.69) is 10.6 Å². The first-order valence-corrected chi connectivity index (χ1v) is 22.6. The van der Waals surface area contributed by atoms with E-state index in [1.54, 1.807) is 37.6 Å². The molecule has 1 fully saturated rings. The van der Waals surface area contributed by atoms with Gasteiger partial charge in [0.05, 0.1) is 30.7 Å². The van der Waals surface area contributed by atoms with Gasteiger partial charge in [-0.05, 0) is 49.0 Å². The summed E-state index contributed by atoms with van der Waals surface area (Å²) in [5, 5.41) is 27.1. The van der Waals surface area contributed by atoms with Crippen LogP contribution in [0.3, 0.4) is 0 Å². The average molecular weight is 899 g/mol. The highest BCUT2D eigenvalue weighted by Gasteiger charge is 2.44. The van der Waals surface area contributed by atoms with Crippen LogP contribution >= 0.6 is 0 Å². The van der Waals surface area contributed by atoms with Gasteiger partial charge >= 0.3 is 5.97 Å². The number of nitrogens with zero attached hydrogens (tertiary/aromatic N) is 4. The zero-order valence-electron chi connectivity index (χ0n) is 39.7. The number of likely N-dealkylation sites (tertiary alicyclic amines) is 1. The maximum absolute atomic E-state index is 14.5. The Morgan fingerprint density at radius 3 is 2.06 bits per heavy atom. The lowest BCUT2D eigenvalue weighted by atomic mass is 9.89. The molecule has 2 aliphatic rings. The lowest BCUT2D eigenvalue weighted by Gasteiger charge is -2.41. The van der Waals surface area contributed by atoms with Gasteiger partial charge in [-0.1, -0.05) is 85.2 Å². The van der Waals surface area contributed by atoms with Crippen LogP contribution in [0.5, 0.6) is 0 Å². The van der Waals surface area contributed by atoms with Crippen molar-refractivity contribution in [2.45, 2.75) is 142 Å². The number of rotatable bonds is 26. The molecule has 2 heterocycles. The third-order valence-corrected chi connectivity index (χ3v) is 12.9. The number of carboxylic acids is 1. The van der Waals surface area contributed by atoms with Crippen molar-refractivity contribution in [3.8, 4) is 0 Å². The van der Waals surface area contributed by atoms with E-state index >= 15 is 0 Å². The number of carbonyl (C=O) groups excluding carboxylic acids is 6. The quantitative estimate of drug-likeness (QED) is 0.0781. The van der Waals surface area contributed by atoms with Crippen LogP contribution in [0.25, 0.3) is 0 Å². The first-order valence-electron chi connectivity index (χ1n) is 22.6. The smallest absolute Gasteiger partial charge is 0.321 e. The number of likely N-dealkylation sites (N-methyl/N-ethyl adjacent to an activating group) is 2. The van der Waals surface area contributed by atoms with Crippen LogP contribution in [0.4, 0.5) is 0 Å². The van der Waals surface area contributed by atoms with Gasteiger partial charge in [-0.25, -0.2) is 0 Å². The highest BCUT2D eigenvalue weighted by Crippen LogP contribution is 2.30. The van der Waals surface area contributed by atoms with E-state index in [0.29, 0.717) is 25.8 Å². The van der Waals surface area contributed by atoms with E-state index in [4.69, 9.17) is 9.47 Å². The third-order valence-electron chi connectivity index (χ3n) is 12.9. The Balaban J connectivity index is 1.75. The second kappa shape index (κ2) is 25.1. The number of ether oxygens (including phenoxy) is 2. The van der Waals surface area contributed by atoms with E-state index in [1.165, 1.54) is 38.3 Å². The van der Waals surface area contributed by atoms with Gasteiger partial charge in [-0.3, -0.25) is 43.8 Å². The molecule has 0 aromatic heterocycles. The summed E-state index contributed by atoms with van der Waals surface area (Å²) in [6.07, 6.45) is 1.99. The molecule has 358 valence electrons. The Bertz CT molecular complexity index is 1760. The van der Waals surface area contributed by atoms with Crippen LogP contribution in [0.15, 0.2) is 42.5 Å². The summed E-state index contributed by atoms with van der Waals surface area (Å²) in [5.41, 5.74) is 0.801. The molecular formula is C47H74N6O11. The maximum atomic E-state index is 14.5. The summed E-state index contributed by atoms with van der Waals surface area (Å²) >= 11 is 0. The van der Waals surface area contributed by atoms with Gasteiger partial charge in [0.15, 0.2) is 0 Å². The molecule has 0 bridgehead atoms. The second-order valence-electron chi connectivity index (χ2n) is 18.0. The number of aliphatic carboxylic acids is 1. The average Bonchev–Trinajstić information content (AvgIpc) is 3.87. The summed E-state index contributed by atoms with van der Waals surface area (Å²) < 4.78 is 12.0. The number of aliphatic hydroxyl groups is 1. The maximum Gasteiger partial charge on any atom is 0.321 e. The largest absolute Gasteiger partial charge is 0.480 e. The predicted octanol–water partition coefficient (Wildman–Crippen LogP) is 2.84. The number of carboxylic acid groups (broad SMARTS) is 1. The molecule has 1 aromatic rings. The van der Waals surface area contributed by atoms with Crippen molar-refractivity contribution < 1.29 is 53.2 Å². The number of hydrogen-bond acceptors (Lipinski definition) is 11. The molecule has 1 aromatic carbocycles. The minimum atomic E-state index is -1.26. The van der Waals surface area contributed by atoms with Crippen molar-refractivity contribution in [3.05, 3.63) is 48.0 Å². The molecule has 0 radical (unpaired) electrons. The third kappa shape index (κ3) is 13.9. The lowest BCUT2D eigenvalue weighted by Crippen LogP contribution is -2.60. The molecule has 64 heavy (non-hydrogen) atoms. The number of benzene rings is 1. The van der Waals surface area contributed by atoms with Crippen molar-refractivity contribution in [2.24, 2.45) is 23.7 Å². The van der Waals surface area contributed by atoms with Gasteiger partial charge in [0.25, 0.3) is 11.8 Å². The standard InChI is InChI=1S/C47H74N6O11/c1-12-30(6)42(51(9)46(60)40(28(2)3)49-45(59)41(29(4)5)50(8)36(54)21-17-25-53-37(55)22-23-38(53)56)35(63-10)27-39(57)52-24-16-20-34(52)43(64-11)31(7)44(58)48-33(47(61)62)26-32-18-14-13-15-19-32/h13-15,18-19,22-23,28-31,33-35,40-44,48,58H,12,16-17,20-21,24-27H2,1-11H3,(H,49,59)(H,61,62)/t30-,31+,33-,34-,35+,40-,41-,42-,43+,44?/m0/s1. The van der Waals surface area contributed by atoms with E-state index < -0.39 is 78.3 Å². The van der Waals surface area contributed by atoms with Gasteiger partial charge in [0.1, 0.15) is 24.4 Å². The second-order valence-corrected chi connectivity index (χ2v) is 18.0. The monoisotopic (exact) mass is 899 g/mol. The molecule has 4 N–H and O–H groups in total. The van der Waals surface area contributed by atoms with Crippen LogP contribution in [-0.2, 0) is 49.5 Å². The van der Waals surface area contributed by atoms with E-state index in [9.17, 15) is 43.8 Å². The highest BCUT2D eigenvalue weighted by atomic mass is 16.5. The minimum Gasteiger partial charge on any atom is -0.480 e. The fourth-order valence-corrected chi connectivity index (χ4v) is 9.06. The van der Waals surface area contributed by atoms with Crippen molar-refractivity contribution in [3.63, 3.8) is 0 Å². The number of amides is 6. The number of hydrogen-bond donors (Lipinski definition) is 4. The van der Waals surface area contributed by atoms with Gasteiger partial charge in [0.2, 0.25) is 23.6 Å². The van der Waals surface area contributed by atoms with Crippen molar-refractivity contribution in [2.75, 3.05) is 41.4 Å². The first kappa shape index (κ1) is 53.6. The van der Waals surface area contributed by atoms with Crippen molar-refractivity contribution in [1.82, 2.24) is 30.2 Å². The molecule has 6 amide bonds. The van der Waals surface area contributed by atoms with Crippen LogP contribution in [0, 0.1) is 23.7 Å². The van der Waals surface area contributed by atoms with Gasteiger partial charge in [0, 0.05) is 65.9 Å². The SMILES string of the molecule is CC[C@H](C)[C@@H]([C@@H](CC(=O)N1CCC[C@H]1[C@H](OC)[C@@H](C)C(O)N[C@@H](Cc1ccccc1)C(=O)O)OC)N(C)C(=O)[C@@H](NC(=O)[C@H](C(C)C)N(C)C(=O)CCCN1C(=O)C=CC1=O)C(C)C. The molecule has 0 aliphatic carbocycles.